The van der Waals surface area contributed by atoms with E-state index in [1.807, 2.05) is 0 Å². The van der Waals surface area contributed by atoms with Crippen molar-refractivity contribution in [3.63, 3.8) is 0 Å². The number of sulfonamides is 1. The number of rotatable bonds is 6. The van der Waals surface area contributed by atoms with Crippen LogP contribution in [0.15, 0.2) is 29.2 Å². The molecule has 3 atom stereocenters. The quantitative estimate of drug-likeness (QED) is 0.681. The molecule has 1 aliphatic heterocycles. The lowest BCUT2D eigenvalue weighted by Crippen LogP contribution is -2.46. The molecule has 1 saturated carbocycles. The van der Waals surface area contributed by atoms with E-state index in [0.29, 0.717) is 32.2 Å². The molecule has 8 nitrogen and oxygen atoms in total. The fraction of sp³-hybridized carbons (Fsp3) is 0.619. The van der Waals surface area contributed by atoms with Crippen LogP contribution in [-0.2, 0) is 24.3 Å². The second-order valence-electron chi connectivity index (χ2n) is 7.97. The highest BCUT2D eigenvalue weighted by atomic mass is 32.2. The number of hydrogen-bond donors (Lipinski definition) is 1. The highest BCUT2D eigenvalue weighted by Crippen LogP contribution is 2.24. The molecule has 0 radical (unpaired) electrons. The zero-order chi connectivity index (χ0) is 21.7. The van der Waals surface area contributed by atoms with Crippen molar-refractivity contribution >= 4 is 21.9 Å². The lowest BCUT2D eigenvalue weighted by molar-refractivity contribution is -0.130. The summed E-state index contributed by atoms with van der Waals surface area (Å²) in [6, 6.07) is 5.69. The zero-order valence-corrected chi connectivity index (χ0v) is 18.3. The van der Waals surface area contributed by atoms with Gasteiger partial charge in [0.15, 0.2) is 6.10 Å². The van der Waals surface area contributed by atoms with Crippen molar-refractivity contribution in [3.8, 4) is 0 Å². The van der Waals surface area contributed by atoms with Crippen LogP contribution < -0.4 is 5.32 Å². The van der Waals surface area contributed by atoms with Gasteiger partial charge in [-0.2, -0.15) is 4.31 Å². The predicted octanol–water partition coefficient (Wildman–Crippen LogP) is 1.95. The van der Waals surface area contributed by atoms with E-state index in [1.165, 1.54) is 41.9 Å². The van der Waals surface area contributed by atoms with Crippen LogP contribution in [0, 0.1) is 5.92 Å². The Morgan fingerprint density at radius 2 is 1.77 bits per heavy atom. The molecule has 1 N–H and O–H groups in total. The van der Waals surface area contributed by atoms with Gasteiger partial charge in [0.05, 0.1) is 23.7 Å². The van der Waals surface area contributed by atoms with Gasteiger partial charge >= 0.3 is 5.97 Å². The fourth-order valence-electron chi connectivity index (χ4n) is 3.81. The number of nitrogens with zero attached hydrogens (tertiary/aromatic N) is 1. The minimum Gasteiger partial charge on any atom is -0.449 e. The second kappa shape index (κ2) is 9.89. The third kappa shape index (κ3) is 5.39. The van der Waals surface area contributed by atoms with E-state index in [0.717, 1.165) is 19.3 Å². The van der Waals surface area contributed by atoms with E-state index in [2.05, 4.69) is 12.2 Å². The van der Waals surface area contributed by atoms with E-state index in [4.69, 9.17) is 9.47 Å². The highest BCUT2D eigenvalue weighted by Gasteiger charge is 2.28. The van der Waals surface area contributed by atoms with E-state index < -0.39 is 22.1 Å². The van der Waals surface area contributed by atoms with Gasteiger partial charge in [-0.15, -0.1) is 0 Å². The van der Waals surface area contributed by atoms with Crippen molar-refractivity contribution in [1.29, 1.82) is 0 Å². The summed E-state index contributed by atoms with van der Waals surface area (Å²) in [6.45, 7) is 4.99. The number of hydrogen-bond acceptors (Lipinski definition) is 6. The van der Waals surface area contributed by atoms with Gasteiger partial charge in [0.25, 0.3) is 5.91 Å². The minimum atomic E-state index is -3.63. The molecule has 9 heteroatoms. The van der Waals surface area contributed by atoms with Crippen LogP contribution in [0.3, 0.4) is 0 Å². The Labute approximate surface area is 178 Å². The Morgan fingerprint density at radius 3 is 2.40 bits per heavy atom. The molecule has 1 saturated heterocycles. The molecular formula is C21H30N2O6S. The van der Waals surface area contributed by atoms with E-state index in [1.54, 1.807) is 0 Å². The van der Waals surface area contributed by atoms with Gasteiger partial charge in [0.2, 0.25) is 10.0 Å². The molecule has 1 aromatic rings. The molecule has 3 rings (SSSR count). The topological polar surface area (TPSA) is 102 Å². The van der Waals surface area contributed by atoms with Gasteiger partial charge in [-0.1, -0.05) is 19.8 Å². The van der Waals surface area contributed by atoms with Gasteiger partial charge in [0.1, 0.15) is 0 Å². The number of benzene rings is 1. The van der Waals surface area contributed by atoms with E-state index in [-0.39, 0.29) is 22.4 Å². The molecule has 2 aliphatic rings. The monoisotopic (exact) mass is 438 g/mol. The zero-order valence-electron chi connectivity index (χ0n) is 17.5. The molecular weight excluding hydrogens is 408 g/mol. The van der Waals surface area contributed by atoms with Gasteiger partial charge in [0, 0.05) is 19.1 Å². The summed E-state index contributed by atoms with van der Waals surface area (Å²) in [5, 5.41) is 2.98. The molecule has 0 spiro atoms. The van der Waals surface area contributed by atoms with Gasteiger partial charge in [-0.3, -0.25) is 4.79 Å². The van der Waals surface area contributed by atoms with Crippen molar-refractivity contribution in [2.75, 3.05) is 26.3 Å². The minimum absolute atomic E-state index is 0.108. The first-order valence-electron chi connectivity index (χ1n) is 10.5. The average molecular weight is 439 g/mol. The Bertz CT molecular complexity index is 849. The summed E-state index contributed by atoms with van der Waals surface area (Å²) in [5.41, 5.74) is 0.196. The predicted molar refractivity (Wildman–Crippen MR) is 110 cm³/mol. The largest absolute Gasteiger partial charge is 0.449 e. The number of amides is 1. The molecule has 166 valence electrons. The van der Waals surface area contributed by atoms with Crippen molar-refractivity contribution in [2.45, 2.75) is 56.6 Å². The molecule has 1 heterocycles. The molecule has 3 unspecified atom stereocenters. The molecule has 0 bridgehead atoms. The smallest absolute Gasteiger partial charge is 0.338 e. The first-order valence-corrected chi connectivity index (χ1v) is 11.9. The summed E-state index contributed by atoms with van der Waals surface area (Å²) in [6.07, 6.45) is 3.35. The summed E-state index contributed by atoms with van der Waals surface area (Å²) in [7, 11) is -3.63. The molecule has 1 aliphatic carbocycles. The first kappa shape index (κ1) is 22.7. The van der Waals surface area contributed by atoms with Crippen LogP contribution in [-0.4, -0.2) is 63.0 Å². The highest BCUT2D eigenvalue weighted by molar-refractivity contribution is 7.89. The van der Waals surface area contributed by atoms with Crippen LogP contribution in [0.25, 0.3) is 0 Å². The normalized spacial score (nSPS) is 24.1. The lowest BCUT2D eigenvalue weighted by Gasteiger charge is -2.30. The van der Waals surface area contributed by atoms with Gasteiger partial charge in [-0.05, 0) is 49.9 Å². The van der Waals surface area contributed by atoms with Crippen molar-refractivity contribution < 1.29 is 27.5 Å². The summed E-state index contributed by atoms with van der Waals surface area (Å²) in [4.78, 5) is 24.9. The number of carbonyl (C=O) groups is 2. The van der Waals surface area contributed by atoms with Gasteiger partial charge in [-0.25, -0.2) is 13.2 Å². The average Bonchev–Trinajstić information content (AvgIpc) is 2.76. The molecule has 30 heavy (non-hydrogen) atoms. The van der Waals surface area contributed by atoms with Gasteiger partial charge < -0.3 is 14.8 Å². The van der Waals surface area contributed by atoms with Crippen molar-refractivity contribution in [1.82, 2.24) is 9.62 Å². The number of ether oxygens (including phenoxy) is 2. The Morgan fingerprint density at radius 1 is 1.13 bits per heavy atom. The Kier molecular flexibility index (Phi) is 7.49. The van der Waals surface area contributed by atoms with Crippen molar-refractivity contribution in [2.24, 2.45) is 5.92 Å². The van der Waals surface area contributed by atoms with E-state index >= 15 is 0 Å². The SMILES string of the molecule is CC(OC(=O)c1ccc(S(=O)(=O)N2CCOCC2)cc1)C(=O)NC1CCCCC1C. The van der Waals surface area contributed by atoms with Crippen LogP contribution in [0.1, 0.15) is 49.9 Å². The van der Waals surface area contributed by atoms with Crippen molar-refractivity contribution in [3.05, 3.63) is 29.8 Å². The number of morpholine rings is 1. The number of carbonyl (C=O) groups excluding carboxylic acids is 2. The molecule has 1 amide bonds. The maximum Gasteiger partial charge on any atom is 0.338 e. The summed E-state index contributed by atoms with van der Waals surface area (Å²) in [5.74, 6) is -0.565. The van der Waals surface area contributed by atoms with Crippen LogP contribution in [0.5, 0.6) is 0 Å². The third-order valence-electron chi connectivity index (χ3n) is 5.79. The Hall–Kier alpha value is -1.97. The maximum atomic E-state index is 12.7. The van der Waals surface area contributed by atoms with Crippen LogP contribution in [0.2, 0.25) is 0 Å². The maximum absolute atomic E-state index is 12.7. The number of esters is 1. The number of nitrogens with one attached hydrogen (secondary N) is 1. The standard InChI is InChI=1S/C21H30N2O6S/c1-15-5-3-4-6-19(15)22-20(24)16(2)29-21(25)17-7-9-18(10-8-17)30(26,27)23-11-13-28-14-12-23/h7-10,15-16,19H,3-6,11-14H2,1-2H3,(H,22,24). The summed E-state index contributed by atoms with van der Waals surface area (Å²) >= 11 is 0. The fourth-order valence-corrected chi connectivity index (χ4v) is 5.22. The molecule has 2 fully saturated rings. The lowest BCUT2D eigenvalue weighted by atomic mass is 9.86. The molecule has 0 aromatic heterocycles. The molecule has 1 aromatic carbocycles. The Balaban J connectivity index is 1.58. The third-order valence-corrected chi connectivity index (χ3v) is 7.70. The second-order valence-corrected chi connectivity index (χ2v) is 9.90. The first-order chi connectivity index (χ1) is 14.3. The summed E-state index contributed by atoms with van der Waals surface area (Å²) < 4.78 is 37.1. The van der Waals surface area contributed by atoms with E-state index in [9.17, 15) is 18.0 Å². The van der Waals surface area contributed by atoms with Crippen LogP contribution in [0.4, 0.5) is 0 Å². The van der Waals surface area contributed by atoms with Crippen LogP contribution >= 0.6 is 0 Å².